The number of rotatable bonds is 4. The average molecular weight is 273 g/mol. The second kappa shape index (κ2) is 6.02. The van der Waals surface area contributed by atoms with Gasteiger partial charge in [0.25, 0.3) is 0 Å². The zero-order valence-electron chi connectivity index (χ0n) is 11.6. The maximum atomic E-state index is 5.83. The van der Waals surface area contributed by atoms with Crippen molar-refractivity contribution in [3.63, 3.8) is 0 Å². The number of nitrogen functional groups attached to an aromatic ring is 1. The van der Waals surface area contributed by atoms with Crippen LogP contribution in [0.5, 0.6) is 5.75 Å². The number of thioether (sulfide) groups is 1. The predicted molar refractivity (Wildman–Crippen MR) is 82.9 cm³/mol. The number of ether oxygens (including phenoxy) is 1. The van der Waals surface area contributed by atoms with E-state index in [1.807, 2.05) is 18.2 Å². The van der Waals surface area contributed by atoms with Crippen LogP contribution >= 0.6 is 11.8 Å². The summed E-state index contributed by atoms with van der Waals surface area (Å²) in [6.07, 6.45) is 0. The lowest BCUT2D eigenvalue weighted by Gasteiger charge is -2.10. The largest absolute Gasteiger partial charge is 0.496 e. The molecule has 100 valence electrons. The molecule has 0 unspecified atom stereocenters. The Hall–Kier alpha value is -1.61. The van der Waals surface area contributed by atoms with E-state index in [9.17, 15) is 0 Å². The molecule has 19 heavy (non-hydrogen) atoms. The molecular formula is C16H19NOS. The Morgan fingerprint density at radius 2 is 1.84 bits per heavy atom. The first-order valence-electron chi connectivity index (χ1n) is 6.22. The van der Waals surface area contributed by atoms with Crippen molar-refractivity contribution in [1.82, 2.24) is 0 Å². The molecule has 0 amide bonds. The summed E-state index contributed by atoms with van der Waals surface area (Å²) in [6, 6.07) is 12.3. The summed E-state index contributed by atoms with van der Waals surface area (Å²) in [7, 11) is 1.69. The minimum Gasteiger partial charge on any atom is -0.496 e. The van der Waals surface area contributed by atoms with Gasteiger partial charge in [0.1, 0.15) is 5.75 Å². The molecule has 0 fully saturated rings. The van der Waals surface area contributed by atoms with Crippen molar-refractivity contribution in [2.45, 2.75) is 24.5 Å². The van der Waals surface area contributed by atoms with Gasteiger partial charge in [0.05, 0.1) is 7.11 Å². The fraction of sp³-hybridized carbons (Fsp3) is 0.250. The van der Waals surface area contributed by atoms with Gasteiger partial charge in [-0.05, 0) is 55.3 Å². The van der Waals surface area contributed by atoms with Gasteiger partial charge >= 0.3 is 0 Å². The van der Waals surface area contributed by atoms with Crippen LogP contribution in [0.3, 0.4) is 0 Å². The number of aryl methyl sites for hydroxylation is 2. The van der Waals surface area contributed by atoms with E-state index >= 15 is 0 Å². The summed E-state index contributed by atoms with van der Waals surface area (Å²) in [5.41, 5.74) is 10.4. The van der Waals surface area contributed by atoms with Gasteiger partial charge < -0.3 is 10.5 Å². The molecule has 0 spiro atoms. The van der Waals surface area contributed by atoms with E-state index in [0.717, 1.165) is 22.8 Å². The maximum absolute atomic E-state index is 5.83. The number of benzene rings is 2. The van der Waals surface area contributed by atoms with Crippen molar-refractivity contribution in [2.24, 2.45) is 0 Å². The lowest BCUT2D eigenvalue weighted by molar-refractivity contribution is 0.411. The Bertz CT molecular complexity index is 581. The topological polar surface area (TPSA) is 35.2 Å². The minimum atomic E-state index is 0.775. The second-order valence-corrected chi connectivity index (χ2v) is 5.65. The van der Waals surface area contributed by atoms with Gasteiger partial charge in [-0.25, -0.2) is 0 Å². The average Bonchev–Trinajstić information content (AvgIpc) is 2.40. The number of hydrogen-bond acceptors (Lipinski definition) is 3. The molecule has 0 radical (unpaired) electrons. The molecule has 2 nitrogen and oxygen atoms in total. The van der Waals surface area contributed by atoms with Crippen LogP contribution in [0.25, 0.3) is 0 Å². The summed E-state index contributed by atoms with van der Waals surface area (Å²) in [4.78, 5) is 1.27. The Balaban J connectivity index is 2.13. The highest BCUT2D eigenvalue weighted by Gasteiger charge is 2.05. The standard InChI is InChI=1S/C16H19NOS/c1-11-4-6-15(8-12(11)2)19-10-13-9-14(17)5-7-16(13)18-3/h4-9H,10,17H2,1-3H3. The first kappa shape index (κ1) is 13.8. The Morgan fingerprint density at radius 1 is 1.05 bits per heavy atom. The van der Waals surface area contributed by atoms with Crippen LogP contribution in [0.2, 0.25) is 0 Å². The summed E-state index contributed by atoms with van der Waals surface area (Å²) >= 11 is 1.80. The van der Waals surface area contributed by atoms with E-state index in [0.29, 0.717) is 0 Å². The molecule has 0 aliphatic carbocycles. The van der Waals surface area contributed by atoms with Crippen molar-refractivity contribution >= 4 is 17.4 Å². The molecule has 0 aliphatic rings. The first-order chi connectivity index (χ1) is 9.10. The van der Waals surface area contributed by atoms with E-state index in [4.69, 9.17) is 10.5 Å². The highest BCUT2D eigenvalue weighted by Crippen LogP contribution is 2.30. The number of methoxy groups -OCH3 is 1. The van der Waals surface area contributed by atoms with Crippen LogP contribution in [0.15, 0.2) is 41.3 Å². The van der Waals surface area contributed by atoms with Crippen LogP contribution < -0.4 is 10.5 Å². The summed E-state index contributed by atoms with van der Waals surface area (Å²) < 4.78 is 5.36. The second-order valence-electron chi connectivity index (χ2n) is 4.61. The van der Waals surface area contributed by atoms with Gasteiger partial charge in [-0.2, -0.15) is 0 Å². The highest BCUT2D eigenvalue weighted by molar-refractivity contribution is 7.98. The fourth-order valence-corrected chi connectivity index (χ4v) is 2.85. The Morgan fingerprint density at radius 3 is 2.53 bits per heavy atom. The number of hydrogen-bond donors (Lipinski definition) is 1. The molecule has 0 atom stereocenters. The van der Waals surface area contributed by atoms with E-state index in [1.54, 1.807) is 18.9 Å². The Labute approximate surface area is 119 Å². The minimum absolute atomic E-state index is 0.775. The van der Waals surface area contributed by atoms with Crippen LogP contribution in [0.1, 0.15) is 16.7 Å². The smallest absolute Gasteiger partial charge is 0.123 e. The lowest BCUT2D eigenvalue weighted by Crippen LogP contribution is -1.93. The zero-order chi connectivity index (χ0) is 13.8. The van der Waals surface area contributed by atoms with Crippen molar-refractivity contribution in [1.29, 1.82) is 0 Å². The van der Waals surface area contributed by atoms with Gasteiger partial charge in [0.15, 0.2) is 0 Å². The summed E-state index contributed by atoms with van der Waals surface area (Å²) in [5.74, 6) is 1.75. The molecule has 0 aromatic heterocycles. The molecular weight excluding hydrogens is 254 g/mol. The first-order valence-corrected chi connectivity index (χ1v) is 7.21. The predicted octanol–water partition coefficient (Wildman–Crippen LogP) is 4.19. The van der Waals surface area contributed by atoms with Crippen molar-refractivity contribution < 1.29 is 4.74 Å². The maximum Gasteiger partial charge on any atom is 0.123 e. The molecule has 0 saturated heterocycles. The third kappa shape index (κ3) is 3.44. The van der Waals surface area contributed by atoms with Crippen LogP contribution in [0.4, 0.5) is 5.69 Å². The van der Waals surface area contributed by atoms with Gasteiger partial charge in [0.2, 0.25) is 0 Å². The van der Waals surface area contributed by atoms with Crippen molar-refractivity contribution in [2.75, 3.05) is 12.8 Å². The molecule has 2 N–H and O–H groups in total. The number of nitrogens with two attached hydrogens (primary N) is 1. The monoisotopic (exact) mass is 273 g/mol. The Kier molecular flexibility index (Phi) is 4.38. The molecule has 2 aromatic carbocycles. The van der Waals surface area contributed by atoms with Crippen molar-refractivity contribution in [3.05, 3.63) is 53.1 Å². The van der Waals surface area contributed by atoms with E-state index < -0.39 is 0 Å². The molecule has 0 aliphatic heterocycles. The lowest BCUT2D eigenvalue weighted by atomic mass is 10.1. The van der Waals surface area contributed by atoms with Crippen LogP contribution in [-0.2, 0) is 5.75 Å². The fourth-order valence-electron chi connectivity index (χ4n) is 1.88. The zero-order valence-corrected chi connectivity index (χ0v) is 12.4. The summed E-state index contributed by atoms with van der Waals surface area (Å²) in [6.45, 7) is 4.27. The third-order valence-electron chi connectivity index (χ3n) is 3.18. The van der Waals surface area contributed by atoms with E-state index in [-0.39, 0.29) is 0 Å². The van der Waals surface area contributed by atoms with Gasteiger partial charge in [0, 0.05) is 21.9 Å². The molecule has 2 aromatic rings. The van der Waals surface area contributed by atoms with Crippen LogP contribution in [0, 0.1) is 13.8 Å². The van der Waals surface area contributed by atoms with Crippen LogP contribution in [-0.4, -0.2) is 7.11 Å². The van der Waals surface area contributed by atoms with Gasteiger partial charge in [-0.3, -0.25) is 0 Å². The van der Waals surface area contributed by atoms with Gasteiger partial charge in [-0.15, -0.1) is 11.8 Å². The quantitative estimate of drug-likeness (QED) is 0.670. The molecule has 0 saturated carbocycles. The van der Waals surface area contributed by atoms with Crippen molar-refractivity contribution in [3.8, 4) is 5.75 Å². The molecule has 2 rings (SSSR count). The molecule has 0 bridgehead atoms. The molecule has 3 heteroatoms. The van der Waals surface area contributed by atoms with E-state index in [1.165, 1.54) is 16.0 Å². The third-order valence-corrected chi connectivity index (χ3v) is 4.22. The van der Waals surface area contributed by atoms with E-state index in [2.05, 4.69) is 32.0 Å². The number of anilines is 1. The van der Waals surface area contributed by atoms with Gasteiger partial charge in [-0.1, -0.05) is 6.07 Å². The summed E-state index contributed by atoms with van der Waals surface area (Å²) in [5, 5.41) is 0. The highest BCUT2D eigenvalue weighted by atomic mass is 32.2. The SMILES string of the molecule is COc1ccc(N)cc1CSc1ccc(C)c(C)c1. The molecule has 0 heterocycles. The normalized spacial score (nSPS) is 10.5.